The van der Waals surface area contributed by atoms with Crippen LogP contribution in [0.4, 0.5) is 4.79 Å². The quantitative estimate of drug-likeness (QED) is 0.448. The Kier molecular flexibility index (Phi) is 7.28. The molecule has 0 spiro atoms. The lowest BCUT2D eigenvalue weighted by molar-refractivity contribution is 0.0973. The molecule has 0 aliphatic carbocycles. The Labute approximate surface area is 185 Å². The Morgan fingerprint density at radius 2 is 1.55 bits per heavy atom. The highest BCUT2D eigenvalue weighted by molar-refractivity contribution is 6.30. The SMILES string of the molecule is O=C(c1ccc(O)cc1)c1ccc(CCN(C[C@H](O)c2cccc(Cl)c2)C(=O)O)cc1. The van der Waals surface area contributed by atoms with E-state index in [2.05, 4.69) is 0 Å². The van der Waals surface area contributed by atoms with Crippen molar-refractivity contribution in [2.24, 2.45) is 0 Å². The zero-order valence-corrected chi connectivity index (χ0v) is 17.4. The van der Waals surface area contributed by atoms with Crippen molar-refractivity contribution in [1.82, 2.24) is 4.90 Å². The molecule has 0 aliphatic heterocycles. The number of carboxylic acid groups (broad SMARTS) is 1. The first-order chi connectivity index (χ1) is 14.8. The maximum Gasteiger partial charge on any atom is 0.407 e. The van der Waals surface area contributed by atoms with E-state index in [1.165, 1.54) is 12.1 Å². The number of aliphatic hydroxyl groups excluding tert-OH is 1. The zero-order valence-electron chi connectivity index (χ0n) is 16.6. The summed E-state index contributed by atoms with van der Waals surface area (Å²) >= 11 is 5.93. The fourth-order valence-electron chi connectivity index (χ4n) is 3.16. The number of rotatable bonds is 8. The van der Waals surface area contributed by atoms with Crippen molar-refractivity contribution in [3.05, 3.63) is 100 Å². The number of aliphatic hydroxyl groups is 1. The van der Waals surface area contributed by atoms with Gasteiger partial charge >= 0.3 is 6.09 Å². The van der Waals surface area contributed by atoms with Gasteiger partial charge < -0.3 is 20.2 Å². The first-order valence-electron chi connectivity index (χ1n) is 9.67. The van der Waals surface area contributed by atoms with Gasteiger partial charge in [-0.25, -0.2) is 4.79 Å². The second kappa shape index (κ2) is 10.1. The summed E-state index contributed by atoms with van der Waals surface area (Å²) in [5.41, 5.74) is 2.39. The van der Waals surface area contributed by atoms with Crippen LogP contribution in [-0.2, 0) is 6.42 Å². The van der Waals surface area contributed by atoms with Crippen LogP contribution in [0.2, 0.25) is 5.02 Å². The first kappa shape index (κ1) is 22.3. The summed E-state index contributed by atoms with van der Waals surface area (Å²) in [6.45, 7) is 0.116. The average molecular weight is 440 g/mol. The van der Waals surface area contributed by atoms with Crippen LogP contribution >= 0.6 is 11.6 Å². The summed E-state index contributed by atoms with van der Waals surface area (Å²) in [6, 6.07) is 19.7. The van der Waals surface area contributed by atoms with Crippen LogP contribution in [0, 0.1) is 0 Å². The van der Waals surface area contributed by atoms with E-state index >= 15 is 0 Å². The van der Waals surface area contributed by atoms with E-state index in [1.54, 1.807) is 60.7 Å². The largest absolute Gasteiger partial charge is 0.508 e. The van der Waals surface area contributed by atoms with Crippen LogP contribution in [0.15, 0.2) is 72.8 Å². The molecule has 0 fully saturated rings. The van der Waals surface area contributed by atoms with Crippen molar-refractivity contribution < 1.29 is 24.9 Å². The molecule has 31 heavy (non-hydrogen) atoms. The molecule has 3 aromatic rings. The van der Waals surface area contributed by atoms with Crippen LogP contribution in [-0.4, -0.2) is 45.2 Å². The highest BCUT2D eigenvalue weighted by Crippen LogP contribution is 2.19. The number of hydrogen-bond donors (Lipinski definition) is 3. The maximum absolute atomic E-state index is 12.5. The van der Waals surface area contributed by atoms with E-state index in [0.29, 0.717) is 28.1 Å². The molecule has 0 aromatic heterocycles. The summed E-state index contributed by atoms with van der Waals surface area (Å²) in [7, 11) is 0. The Hall–Kier alpha value is -3.35. The Balaban J connectivity index is 1.61. The van der Waals surface area contributed by atoms with Crippen molar-refractivity contribution in [2.45, 2.75) is 12.5 Å². The second-order valence-corrected chi connectivity index (χ2v) is 7.56. The minimum atomic E-state index is -1.12. The summed E-state index contributed by atoms with van der Waals surface area (Å²) in [5.74, 6) is -0.0706. The molecule has 7 heteroatoms. The maximum atomic E-state index is 12.5. The molecule has 3 rings (SSSR count). The molecule has 0 heterocycles. The molecule has 160 valence electrons. The number of ketones is 1. The molecule has 0 saturated heterocycles. The minimum absolute atomic E-state index is 0.0763. The molecular formula is C24H22ClNO5. The molecule has 1 atom stereocenters. The number of halogens is 1. The Morgan fingerprint density at radius 1 is 0.935 bits per heavy atom. The fourth-order valence-corrected chi connectivity index (χ4v) is 3.36. The lowest BCUT2D eigenvalue weighted by Crippen LogP contribution is -2.35. The molecule has 3 N–H and O–H groups in total. The van der Waals surface area contributed by atoms with Gasteiger partial charge in [0.1, 0.15) is 5.75 Å². The number of benzene rings is 3. The van der Waals surface area contributed by atoms with Gasteiger partial charge in [-0.1, -0.05) is 48.0 Å². The molecule has 0 unspecified atom stereocenters. The fraction of sp³-hybridized carbons (Fsp3) is 0.167. The molecule has 1 amide bonds. The normalized spacial score (nSPS) is 11.7. The molecule has 0 aliphatic rings. The van der Waals surface area contributed by atoms with Crippen molar-refractivity contribution in [3.63, 3.8) is 0 Å². The summed E-state index contributed by atoms with van der Waals surface area (Å²) in [5, 5.41) is 29.7. The zero-order chi connectivity index (χ0) is 22.4. The standard InChI is InChI=1S/C24H22ClNO5/c25-20-3-1-2-19(14-20)22(28)15-26(24(30)31)13-12-16-4-6-17(7-5-16)23(29)18-8-10-21(27)11-9-18/h1-11,14,22,27-28H,12-13,15H2,(H,30,31)/t22-/m0/s1. The van der Waals surface area contributed by atoms with E-state index in [1.807, 2.05) is 0 Å². The van der Waals surface area contributed by atoms with Crippen LogP contribution in [0.5, 0.6) is 5.75 Å². The number of aromatic hydroxyl groups is 1. The highest BCUT2D eigenvalue weighted by atomic mass is 35.5. The third-order valence-electron chi connectivity index (χ3n) is 4.91. The van der Waals surface area contributed by atoms with E-state index in [9.17, 15) is 24.9 Å². The lowest BCUT2D eigenvalue weighted by atomic mass is 10.0. The predicted molar refractivity (Wildman–Crippen MR) is 118 cm³/mol. The van der Waals surface area contributed by atoms with Crippen LogP contribution < -0.4 is 0 Å². The van der Waals surface area contributed by atoms with Gasteiger partial charge in [-0.05, 0) is 53.9 Å². The Morgan fingerprint density at radius 3 is 2.13 bits per heavy atom. The second-order valence-electron chi connectivity index (χ2n) is 7.12. The lowest BCUT2D eigenvalue weighted by Gasteiger charge is -2.23. The van der Waals surface area contributed by atoms with Crippen LogP contribution in [0.25, 0.3) is 0 Å². The third-order valence-corrected chi connectivity index (χ3v) is 5.15. The van der Waals surface area contributed by atoms with Crippen molar-refractivity contribution >= 4 is 23.5 Å². The van der Waals surface area contributed by atoms with Crippen molar-refractivity contribution in [2.75, 3.05) is 13.1 Å². The molecule has 0 bridgehead atoms. The molecule has 0 radical (unpaired) electrons. The number of carbonyl (C=O) groups excluding carboxylic acids is 1. The van der Waals surface area contributed by atoms with Gasteiger partial charge in [0.2, 0.25) is 0 Å². The van der Waals surface area contributed by atoms with E-state index in [4.69, 9.17) is 11.6 Å². The first-order valence-corrected chi connectivity index (χ1v) is 10.1. The number of phenols is 1. The van der Waals surface area contributed by atoms with Crippen molar-refractivity contribution in [1.29, 1.82) is 0 Å². The molecule has 0 saturated carbocycles. The number of amides is 1. The van der Waals surface area contributed by atoms with Gasteiger partial charge in [0.25, 0.3) is 0 Å². The molecule has 3 aromatic carbocycles. The number of carbonyl (C=O) groups is 2. The van der Waals surface area contributed by atoms with Crippen molar-refractivity contribution in [3.8, 4) is 5.75 Å². The third kappa shape index (κ3) is 6.07. The molecule has 6 nitrogen and oxygen atoms in total. The van der Waals surface area contributed by atoms with Gasteiger partial charge in [-0.2, -0.15) is 0 Å². The predicted octanol–water partition coefficient (Wildman–Crippen LogP) is 4.53. The smallest absolute Gasteiger partial charge is 0.407 e. The minimum Gasteiger partial charge on any atom is -0.508 e. The van der Waals surface area contributed by atoms with Gasteiger partial charge in [0, 0.05) is 22.7 Å². The van der Waals surface area contributed by atoms with Gasteiger partial charge in [0.15, 0.2) is 5.78 Å². The Bertz CT molecular complexity index is 1050. The topological polar surface area (TPSA) is 98.1 Å². The van der Waals surface area contributed by atoms with Gasteiger partial charge in [-0.15, -0.1) is 0 Å². The summed E-state index contributed by atoms with van der Waals surface area (Å²) in [4.78, 5) is 25.3. The summed E-state index contributed by atoms with van der Waals surface area (Å²) < 4.78 is 0. The number of phenolic OH excluding ortho intramolecular Hbond substituents is 1. The average Bonchev–Trinajstić information content (AvgIpc) is 2.76. The van der Waals surface area contributed by atoms with Gasteiger partial charge in [-0.3, -0.25) is 4.79 Å². The van der Waals surface area contributed by atoms with Gasteiger partial charge in [0.05, 0.1) is 12.6 Å². The van der Waals surface area contributed by atoms with Crippen LogP contribution in [0.1, 0.15) is 33.2 Å². The highest BCUT2D eigenvalue weighted by Gasteiger charge is 2.18. The van der Waals surface area contributed by atoms with E-state index in [-0.39, 0.29) is 24.6 Å². The number of nitrogens with zero attached hydrogens (tertiary/aromatic N) is 1. The monoisotopic (exact) mass is 439 g/mol. The van der Waals surface area contributed by atoms with Crippen LogP contribution in [0.3, 0.4) is 0 Å². The summed E-state index contributed by atoms with van der Waals surface area (Å²) in [6.07, 6.45) is -1.68. The van der Waals surface area contributed by atoms with E-state index < -0.39 is 12.2 Å². The number of hydrogen-bond acceptors (Lipinski definition) is 4. The van der Waals surface area contributed by atoms with E-state index in [0.717, 1.165) is 10.5 Å². The molecular weight excluding hydrogens is 418 g/mol.